The van der Waals surface area contributed by atoms with E-state index in [0.29, 0.717) is 6.61 Å². The summed E-state index contributed by atoms with van der Waals surface area (Å²) >= 11 is 0. The summed E-state index contributed by atoms with van der Waals surface area (Å²) in [5.41, 5.74) is 0.839. The smallest absolute Gasteiger partial charge is 0.308 e. The fourth-order valence-corrected chi connectivity index (χ4v) is 2.70. The Balaban J connectivity index is 1.88. The molecule has 1 heterocycles. The first kappa shape index (κ1) is 16.8. The second kappa shape index (κ2) is 7.66. The van der Waals surface area contributed by atoms with E-state index in [-0.39, 0.29) is 24.1 Å². The third kappa shape index (κ3) is 4.07. The topological polar surface area (TPSA) is 68.5 Å². The summed E-state index contributed by atoms with van der Waals surface area (Å²) < 4.78 is 10.2. The molecule has 0 aliphatic carbocycles. The van der Waals surface area contributed by atoms with Crippen molar-refractivity contribution < 1.29 is 18.7 Å². The van der Waals surface area contributed by atoms with Crippen molar-refractivity contribution in [1.82, 2.24) is 5.32 Å². The molecular weight excluding hydrogens is 318 g/mol. The quantitative estimate of drug-likeness (QED) is 0.694. The molecule has 3 rings (SSSR count). The van der Waals surface area contributed by atoms with Crippen molar-refractivity contribution in [3.8, 4) is 0 Å². The summed E-state index contributed by atoms with van der Waals surface area (Å²) in [6, 6.07) is 16.5. The number of hydrogen-bond acceptors (Lipinski definition) is 4. The number of furan rings is 1. The Kier molecular flexibility index (Phi) is 5.14. The average molecular weight is 337 g/mol. The summed E-state index contributed by atoms with van der Waals surface area (Å²) in [6.45, 7) is 2.06. The van der Waals surface area contributed by atoms with E-state index in [1.54, 1.807) is 19.1 Å². The van der Waals surface area contributed by atoms with Gasteiger partial charge in [0.15, 0.2) is 5.76 Å². The Hall–Kier alpha value is -3.08. The predicted octanol–water partition coefficient (Wildman–Crippen LogP) is 3.86. The van der Waals surface area contributed by atoms with E-state index in [4.69, 9.17) is 9.15 Å². The van der Waals surface area contributed by atoms with Crippen molar-refractivity contribution in [3.63, 3.8) is 0 Å². The lowest BCUT2D eigenvalue weighted by Gasteiger charge is -2.18. The molecule has 0 radical (unpaired) electrons. The fraction of sp³-hybridized carbons (Fsp3) is 0.200. The molecule has 0 bridgehead atoms. The van der Waals surface area contributed by atoms with Gasteiger partial charge in [-0.1, -0.05) is 36.4 Å². The summed E-state index contributed by atoms with van der Waals surface area (Å²) in [6.07, 6.45) is 1.49. The second-order valence-corrected chi connectivity index (χ2v) is 5.62. The largest absolute Gasteiger partial charge is 0.466 e. The molecule has 0 saturated heterocycles. The number of carbonyl (C=O) groups is 2. The van der Waals surface area contributed by atoms with Gasteiger partial charge in [-0.3, -0.25) is 9.59 Å². The zero-order valence-electron chi connectivity index (χ0n) is 13.9. The molecule has 0 fully saturated rings. The number of nitrogens with one attached hydrogen (secondary N) is 1. The van der Waals surface area contributed by atoms with E-state index in [9.17, 15) is 9.59 Å². The summed E-state index contributed by atoms with van der Waals surface area (Å²) in [4.78, 5) is 24.3. The van der Waals surface area contributed by atoms with E-state index in [2.05, 4.69) is 5.32 Å². The minimum absolute atomic E-state index is 0.0542. The zero-order valence-corrected chi connectivity index (χ0v) is 13.9. The maximum Gasteiger partial charge on any atom is 0.308 e. The maximum atomic E-state index is 12.3. The number of amides is 1. The highest BCUT2D eigenvalue weighted by Crippen LogP contribution is 2.23. The number of esters is 1. The van der Waals surface area contributed by atoms with Crippen molar-refractivity contribution in [3.05, 3.63) is 72.2 Å². The van der Waals surface area contributed by atoms with Crippen LogP contribution in [0.1, 0.15) is 35.5 Å². The van der Waals surface area contributed by atoms with Crippen LogP contribution < -0.4 is 5.32 Å². The summed E-state index contributed by atoms with van der Waals surface area (Å²) in [5.74, 6) is -0.525. The normalized spacial score (nSPS) is 11.9. The number of ether oxygens (including phenoxy) is 1. The van der Waals surface area contributed by atoms with Gasteiger partial charge in [-0.05, 0) is 41.5 Å². The van der Waals surface area contributed by atoms with Crippen LogP contribution in [0.3, 0.4) is 0 Å². The third-order valence-electron chi connectivity index (χ3n) is 3.90. The number of fused-ring (bicyclic) bond motifs is 1. The van der Waals surface area contributed by atoms with Gasteiger partial charge in [-0.2, -0.15) is 0 Å². The molecule has 0 aliphatic heterocycles. The highest BCUT2D eigenvalue weighted by Gasteiger charge is 2.21. The Labute approximate surface area is 145 Å². The fourth-order valence-electron chi connectivity index (χ4n) is 2.70. The highest BCUT2D eigenvalue weighted by molar-refractivity contribution is 5.92. The standard InChI is InChI=1S/C20H19NO4/c1-2-24-19(22)13-17(21-20(23)18-8-5-11-25-18)16-10-9-14-6-3-4-7-15(14)12-16/h3-12,17H,2,13H2,1H3,(H,21,23). The Morgan fingerprint density at radius 3 is 2.60 bits per heavy atom. The Morgan fingerprint density at radius 1 is 1.08 bits per heavy atom. The lowest BCUT2D eigenvalue weighted by Crippen LogP contribution is -2.30. The molecule has 0 spiro atoms. The van der Waals surface area contributed by atoms with Crippen molar-refractivity contribution in [1.29, 1.82) is 0 Å². The van der Waals surface area contributed by atoms with Gasteiger partial charge in [0.05, 0.1) is 25.3 Å². The molecule has 0 saturated carbocycles. The maximum absolute atomic E-state index is 12.3. The van der Waals surface area contributed by atoms with Gasteiger partial charge in [0, 0.05) is 0 Å². The molecular formula is C20H19NO4. The first-order chi connectivity index (χ1) is 12.2. The van der Waals surface area contributed by atoms with Crippen LogP contribution in [-0.2, 0) is 9.53 Å². The van der Waals surface area contributed by atoms with Gasteiger partial charge in [0.25, 0.3) is 5.91 Å². The monoisotopic (exact) mass is 337 g/mol. The van der Waals surface area contributed by atoms with E-state index in [1.165, 1.54) is 6.26 Å². The molecule has 128 valence electrons. The molecule has 2 aromatic carbocycles. The van der Waals surface area contributed by atoms with Gasteiger partial charge in [-0.25, -0.2) is 0 Å². The summed E-state index contributed by atoms with van der Waals surface area (Å²) in [5, 5.41) is 4.99. The number of benzene rings is 2. The molecule has 1 aromatic heterocycles. The number of hydrogen-bond donors (Lipinski definition) is 1. The van der Waals surface area contributed by atoms with Gasteiger partial charge in [0.1, 0.15) is 0 Å². The van der Waals surface area contributed by atoms with Crippen molar-refractivity contribution in [2.45, 2.75) is 19.4 Å². The third-order valence-corrected chi connectivity index (χ3v) is 3.90. The van der Waals surface area contributed by atoms with E-state index in [1.807, 2.05) is 42.5 Å². The first-order valence-electron chi connectivity index (χ1n) is 8.16. The van der Waals surface area contributed by atoms with Crippen LogP contribution >= 0.6 is 0 Å². The minimum Gasteiger partial charge on any atom is -0.466 e. The molecule has 3 aromatic rings. The van der Waals surface area contributed by atoms with Crippen LogP contribution in [0.2, 0.25) is 0 Å². The molecule has 1 amide bonds. The van der Waals surface area contributed by atoms with E-state index >= 15 is 0 Å². The van der Waals surface area contributed by atoms with Crippen LogP contribution in [0.4, 0.5) is 0 Å². The molecule has 25 heavy (non-hydrogen) atoms. The Morgan fingerprint density at radius 2 is 1.88 bits per heavy atom. The Bertz CT molecular complexity index is 870. The van der Waals surface area contributed by atoms with Crippen LogP contribution in [0.25, 0.3) is 10.8 Å². The number of rotatable bonds is 6. The van der Waals surface area contributed by atoms with Crippen molar-refractivity contribution in [2.24, 2.45) is 0 Å². The SMILES string of the molecule is CCOC(=O)CC(NC(=O)c1ccco1)c1ccc2ccccc2c1. The first-order valence-corrected chi connectivity index (χ1v) is 8.16. The van der Waals surface area contributed by atoms with Gasteiger partial charge in [-0.15, -0.1) is 0 Å². The average Bonchev–Trinajstić information content (AvgIpc) is 3.16. The predicted molar refractivity (Wildman–Crippen MR) is 94.1 cm³/mol. The van der Waals surface area contributed by atoms with Gasteiger partial charge < -0.3 is 14.5 Å². The highest BCUT2D eigenvalue weighted by atomic mass is 16.5. The zero-order chi connectivity index (χ0) is 17.6. The van der Waals surface area contributed by atoms with Crippen molar-refractivity contribution >= 4 is 22.6 Å². The van der Waals surface area contributed by atoms with Crippen molar-refractivity contribution in [2.75, 3.05) is 6.61 Å². The van der Waals surface area contributed by atoms with Gasteiger partial charge >= 0.3 is 5.97 Å². The number of carbonyl (C=O) groups excluding carboxylic acids is 2. The summed E-state index contributed by atoms with van der Waals surface area (Å²) in [7, 11) is 0. The van der Waals surface area contributed by atoms with Crippen LogP contribution in [0, 0.1) is 0 Å². The molecule has 0 aliphatic rings. The van der Waals surface area contributed by atoms with Crippen LogP contribution in [0.5, 0.6) is 0 Å². The molecule has 1 unspecified atom stereocenters. The van der Waals surface area contributed by atoms with Gasteiger partial charge in [0.2, 0.25) is 0 Å². The minimum atomic E-state index is -0.499. The lowest BCUT2D eigenvalue weighted by atomic mass is 9.99. The van der Waals surface area contributed by atoms with E-state index in [0.717, 1.165) is 16.3 Å². The molecule has 5 nitrogen and oxygen atoms in total. The second-order valence-electron chi connectivity index (χ2n) is 5.62. The van der Waals surface area contributed by atoms with E-state index < -0.39 is 6.04 Å². The van der Waals surface area contributed by atoms with Crippen LogP contribution in [-0.4, -0.2) is 18.5 Å². The molecule has 5 heteroatoms. The lowest BCUT2D eigenvalue weighted by molar-refractivity contribution is -0.143. The molecule has 1 N–H and O–H groups in total. The molecule has 1 atom stereocenters. The van der Waals surface area contributed by atoms with Crippen LogP contribution in [0.15, 0.2) is 65.3 Å².